The van der Waals surface area contributed by atoms with E-state index in [0.29, 0.717) is 24.2 Å². The molecule has 1 N–H and O–H groups in total. The van der Waals surface area contributed by atoms with E-state index >= 15 is 0 Å². The van der Waals surface area contributed by atoms with Gasteiger partial charge in [0.25, 0.3) is 5.91 Å². The van der Waals surface area contributed by atoms with Crippen LogP contribution in [0.5, 0.6) is 0 Å². The van der Waals surface area contributed by atoms with Gasteiger partial charge in [-0.05, 0) is 37.1 Å². The summed E-state index contributed by atoms with van der Waals surface area (Å²) in [6, 6.07) is 7.29. The molecule has 0 aliphatic heterocycles. The van der Waals surface area contributed by atoms with Crippen LogP contribution in [0.25, 0.3) is 0 Å². The Labute approximate surface area is 141 Å². The zero-order valence-corrected chi connectivity index (χ0v) is 14.8. The van der Waals surface area contributed by atoms with Gasteiger partial charge in [0.1, 0.15) is 0 Å². The molecule has 0 saturated heterocycles. The Kier molecular flexibility index (Phi) is 4.40. The first-order valence-corrected chi connectivity index (χ1v) is 9.71. The molecule has 1 aromatic carbocycles. The minimum atomic E-state index is -2.75. The van der Waals surface area contributed by atoms with E-state index < -0.39 is 9.73 Å². The first kappa shape index (κ1) is 16.6. The minimum Gasteiger partial charge on any atom is -0.378 e. The summed E-state index contributed by atoms with van der Waals surface area (Å²) in [5, 5.41) is 10.7. The Bertz CT molecular complexity index is 863. The monoisotopic (exact) mass is 347 g/mol. The van der Waals surface area contributed by atoms with Gasteiger partial charge in [-0.25, -0.2) is 4.21 Å². The fraction of sp³-hybridized carbons (Fsp3) is 0.438. The van der Waals surface area contributed by atoms with Crippen LogP contribution in [-0.4, -0.2) is 45.9 Å². The smallest absolute Gasteiger partial charge is 0.257 e. The number of nitrogens with one attached hydrogen (secondary N) is 1. The van der Waals surface area contributed by atoms with E-state index in [9.17, 15) is 9.00 Å². The van der Waals surface area contributed by atoms with Crippen molar-refractivity contribution in [2.45, 2.75) is 24.2 Å². The van der Waals surface area contributed by atoms with Gasteiger partial charge in [0.2, 0.25) is 0 Å². The van der Waals surface area contributed by atoms with Crippen molar-refractivity contribution >= 4 is 21.3 Å². The molecule has 0 bridgehead atoms. The molecule has 1 amide bonds. The average Bonchev–Trinajstić information content (AvgIpc) is 3.02. The topological polar surface area (TPSA) is 91.3 Å². The molecular formula is C16H21N5O2S. The number of hydrogen-bond acceptors (Lipinski definition) is 5. The van der Waals surface area contributed by atoms with Gasteiger partial charge in [-0.3, -0.25) is 4.79 Å². The third-order valence-corrected chi connectivity index (χ3v) is 5.95. The Morgan fingerprint density at radius 3 is 2.58 bits per heavy atom. The highest BCUT2D eigenvalue weighted by molar-refractivity contribution is 7.93. The molecule has 0 radical (unpaired) electrons. The van der Waals surface area contributed by atoms with E-state index in [1.165, 1.54) is 6.26 Å². The van der Waals surface area contributed by atoms with Crippen molar-refractivity contribution in [2.24, 2.45) is 10.3 Å². The zero-order valence-electron chi connectivity index (χ0n) is 14.0. The lowest BCUT2D eigenvalue weighted by Gasteiger charge is -2.17. The second-order valence-corrected chi connectivity index (χ2v) is 8.54. The van der Waals surface area contributed by atoms with E-state index in [-0.39, 0.29) is 11.8 Å². The third kappa shape index (κ3) is 3.33. The number of aryl methyl sites for hydroxylation is 1. The Balaban J connectivity index is 1.81. The highest BCUT2D eigenvalue weighted by atomic mass is 32.2. The number of H-pyrrole nitrogens is 1. The summed E-state index contributed by atoms with van der Waals surface area (Å²) in [5.74, 6) is -0.586. The van der Waals surface area contributed by atoms with Crippen LogP contribution in [0.1, 0.15) is 17.8 Å². The quantitative estimate of drug-likeness (QED) is 0.912. The first-order chi connectivity index (χ1) is 11.4. The van der Waals surface area contributed by atoms with E-state index in [0.717, 1.165) is 17.1 Å². The molecule has 2 atom stereocenters. The molecule has 0 saturated carbocycles. The average molecular weight is 347 g/mol. The fourth-order valence-corrected chi connectivity index (χ4v) is 4.03. The van der Waals surface area contributed by atoms with Gasteiger partial charge in [0.15, 0.2) is 0 Å². The summed E-state index contributed by atoms with van der Waals surface area (Å²) in [6.45, 7) is 0. The van der Waals surface area contributed by atoms with Crippen molar-refractivity contribution in [3.05, 3.63) is 35.7 Å². The lowest BCUT2D eigenvalue weighted by Crippen LogP contribution is -2.22. The lowest BCUT2D eigenvalue weighted by atomic mass is 9.89. The number of aromatic nitrogens is 3. The number of nitrogens with zero attached hydrogens (tertiary/aromatic N) is 4. The van der Waals surface area contributed by atoms with Crippen molar-refractivity contribution in [1.29, 1.82) is 0 Å². The van der Waals surface area contributed by atoms with Gasteiger partial charge in [0, 0.05) is 43.3 Å². The van der Waals surface area contributed by atoms with Crippen LogP contribution in [-0.2, 0) is 27.4 Å². The number of carbonyl (C=O) groups is 1. The van der Waals surface area contributed by atoms with Crippen molar-refractivity contribution in [1.82, 2.24) is 15.4 Å². The van der Waals surface area contributed by atoms with Crippen LogP contribution >= 0.6 is 0 Å². The summed E-state index contributed by atoms with van der Waals surface area (Å²) >= 11 is 0. The molecule has 3 rings (SSSR count). The van der Waals surface area contributed by atoms with E-state index in [2.05, 4.69) is 19.8 Å². The molecule has 24 heavy (non-hydrogen) atoms. The normalized spacial score (nSPS) is 19.2. The van der Waals surface area contributed by atoms with Crippen LogP contribution < -0.4 is 4.90 Å². The van der Waals surface area contributed by atoms with Crippen molar-refractivity contribution in [2.75, 3.05) is 25.3 Å². The highest BCUT2D eigenvalue weighted by Gasteiger charge is 2.28. The maximum absolute atomic E-state index is 12.9. The maximum Gasteiger partial charge on any atom is 0.257 e. The van der Waals surface area contributed by atoms with Crippen molar-refractivity contribution < 1.29 is 9.00 Å². The Morgan fingerprint density at radius 1 is 1.25 bits per heavy atom. The number of fused-ring (bicyclic) bond motifs is 1. The molecule has 1 aliphatic rings. The van der Waals surface area contributed by atoms with Gasteiger partial charge in [0.05, 0.1) is 21.1 Å². The first-order valence-electron chi connectivity index (χ1n) is 7.79. The van der Waals surface area contributed by atoms with E-state index in [1.54, 1.807) is 12.1 Å². The summed E-state index contributed by atoms with van der Waals surface area (Å²) in [7, 11) is 1.12. The summed E-state index contributed by atoms with van der Waals surface area (Å²) < 4.78 is 16.9. The van der Waals surface area contributed by atoms with Gasteiger partial charge >= 0.3 is 0 Å². The largest absolute Gasteiger partial charge is 0.378 e. The highest BCUT2D eigenvalue weighted by Crippen LogP contribution is 2.25. The molecule has 1 aliphatic carbocycles. The Hall–Kier alpha value is -2.22. The van der Waals surface area contributed by atoms with Crippen LogP contribution in [0.4, 0.5) is 5.69 Å². The molecule has 128 valence electrons. The fourth-order valence-electron chi connectivity index (χ4n) is 2.79. The van der Waals surface area contributed by atoms with Crippen LogP contribution in [0.3, 0.4) is 0 Å². The zero-order chi connectivity index (χ0) is 17.3. The van der Waals surface area contributed by atoms with Gasteiger partial charge in [-0.2, -0.15) is 19.8 Å². The van der Waals surface area contributed by atoms with Crippen molar-refractivity contribution in [3.63, 3.8) is 0 Å². The molecule has 2 aromatic rings. The predicted octanol–water partition coefficient (Wildman–Crippen LogP) is 1.66. The minimum absolute atomic E-state index is 0.274. The van der Waals surface area contributed by atoms with Gasteiger partial charge in [-0.15, -0.1) is 0 Å². The molecule has 8 heteroatoms. The summed E-state index contributed by atoms with van der Waals surface area (Å²) in [4.78, 5) is 15.0. The van der Waals surface area contributed by atoms with E-state index in [1.807, 2.05) is 31.1 Å². The molecular weight excluding hydrogens is 326 g/mol. The second kappa shape index (κ2) is 6.35. The number of amides is 1. The summed E-state index contributed by atoms with van der Waals surface area (Å²) in [6.07, 6.45) is 3.38. The number of hydrogen-bond donors (Lipinski definition) is 1. The summed E-state index contributed by atoms with van der Waals surface area (Å²) in [5.41, 5.74) is 2.73. The number of anilines is 1. The molecule has 0 spiro atoms. The second-order valence-electron chi connectivity index (χ2n) is 6.28. The van der Waals surface area contributed by atoms with Crippen molar-refractivity contribution in [3.8, 4) is 0 Å². The number of aromatic amines is 1. The van der Waals surface area contributed by atoms with Crippen LogP contribution in [0.15, 0.2) is 33.5 Å². The van der Waals surface area contributed by atoms with Gasteiger partial charge in [-0.1, -0.05) is 0 Å². The van der Waals surface area contributed by atoms with E-state index in [4.69, 9.17) is 0 Å². The molecule has 2 unspecified atom stereocenters. The van der Waals surface area contributed by atoms with Crippen LogP contribution in [0, 0.1) is 5.92 Å². The standard InChI is InChI=1S/C16H21N5O2S/c1-21(2)12-5-7-13(8-6-12)24(3,23)19-16(22)11-4-9-14-15(10-11)18-20-17-14/h5-8,11H,4,9-10H2,1-3H3,(H,17,18,20). The molecule has 1 heterocycles. The SMILES string of the molecule is CN(C)c1ccc(S(C)(=O)=NC(=O)C2CCc3n[nH]nc3C2)cc1. The van der Waals surface area contributed by atoms with Gasteiger partial charge < -0.3 is 4.90 Å². The number of benzene rings is 1. The van der Waals surface area contributed by atoms with Crippen LogP contribution in [0.2, 0.25) is 0 Å². The third-order valence-electron chi connectivity index (χ3n) is 4.28. The molecule has 0 fully saturated rings. The molecule has 7 nitrogen and oxygen atoms in total. The number of carbonyl (C=O) groups excluding carboxylic acids is 1. The molecule has 1 aromatic heterocycles. The predicted molar refractivity (Wildman–Crippen MR) is 92.4 cm³/mol. The number of rotatable bonds is 3. The Morgan fingerprint density at radius 2 is 1.92 bits per heavy atom. The lowest BCUT2D eigenvalue weighted by molar-refractivity contribution is -0.121. The maximum atomic E-state index is 12.9.